The average Bonchev–Trinajstić information content (AvgIpc) is 2.35. The van der Waals surface area contributed by atoms with Crippen LogP contribution in [0.15, 0.2) is 0 Å². The average molecular weight is 245 g/mol. The van der Waals surface area contributed by atoms with E-state index in [4.69, 9.17) is 4.74 Å². The van der Waals surface area contributed by atoms with Crippen molar-refractivity contribution in [2.45, 2.75) is 43.8 Å². The highest BCUT2D eigenvalue weighted by Gasteiger charge is 2.31. The molecule has 1 N–H and O–H groups in total. The van der Waals surface area contributed by atoms with Gasteiger partial charge in [0.1, 0.15) is 6.61 Å². The summed E-state index contributed by atoms with van der Waals surface area (Å²) in [5.74, 6) is 0.0147. The first kappa shape index (κ1) is 13.8. The maximum Gasteiger partial charge on any atom is 0.246 e. The molecule has 0 unspecified atom stereocenters. The number of hydrogen-bond acceptors (Lipinski definition) is 3. The molecule has 0 spiro atoms. The summed E-state index contributed by atoms with van der Waals surface area (Å²) in [7, 11) is 0. The van der Waals surface area contributed by atoms with Crippen molar-refractivity contribution in [3.8, 4) is 0 Å². The number of nitrogens with one attached hydrogen (secondary N) is 1. The molecule has 0 aromatic rings. The third-order valence-corrected chi connectivity index (χ3v) is 4.66. The Bertz CT molecular complexity index is 215. The van der Waals surface area contributed by atoms with Gasteiger partial charge in [0.15, 0.2) is 0 Å². The summed E-state index contributed by atoms with van der Waals surface area (Å²) in [6.07, 6.45) is 8.53. The summed E-state index contributed by atoms with van der Waals surface area (Å²) < 4.78 is 5.36. The Balaban J connectivity index is 2.30. The molecule has 1 aliphatic carbocycles. The summed E-state index contributed by atoms with van der Waals surface area (Å²) in [5, 5.41) is 2.99. The SMILES string of the molecule is CCOCC(=O)NCC1(SC)CCCCC1. The highest BCUT2D eigenvalue weighted by atomic mass is 32.2. The fraction of sp³-hybridized carbons (Fsp3) is 0.917. The van der Waals surface area contributed by atoms with Gasteiger partial charge in [-0.05, 0) is 26.0 Å². The van der Waals surface area contributed by atoms with E-state index in [0.717, 1.165) is 6.54 Å². The first-order valence-electron chi connectivity index (χ1n) is 6.12. The van der Waals surface area contributed by atoms with Crippen LogP contribution < -0.4 is 5.32 Å². The molecule has 0 aliphatic heterocycles. The monoisotopic (exact) mass is 245 g/mol. The van der Waals surface area contributed by atoms with Crippen LogP contribution in [-0.2, 0) is 9.53 Å². The molecular weight excluding hydrogens is 222 g/mol. The minimum absolute atomic E-state index is 0.0147. The van der Waals surface area contributed by atoms with Gasteiger partial charge in [-0.3, -0.25) is 4.79 Å². The number of carbonyl (C=O) groups excluding carboxylic acids is 1. The van der Waals surface area contributed by atoms with Gasteiger partial charge in [-0.1, -0.05) is 19.3 Å². The fourth-order valence-corrected chi connectivity index (χ4v) is 3.07. The van der Waals surface area contributed by atoms with Crippen LogP contribution >= 0.6 is 11.8 Å². The Kier molecular flexibility index (Phi) is 6.21. The second kappa shape index (κ2) is 7.17. The summed E-state index contributed by atoms with van der Waals surface area (Å²) in [6.45, 7) is 3.49. The van der Waals surface area contributed by atoms with Crippen LogP contribution in [0, 0.1) is 0 Å². The maximum atomic E-state index is 11.5. The zero-order valence-electron chi connectivity index (χ0n) is 10.4. The maximum absolute atomic E-state index is 11.5. The molecular formula is C12H23NO2S. The van der Waals surface area contributed by atoms with E-state index < -0.39 is 0 Å². The van der Waals surface area contributed by atoms with Gasteiger partial charge in [0.2, 0.25) is 5.91 Å². The van der Waals surface area contributed by atoms with E-state index in [0.29, 0.717) is 6.61 Å². The molecule has 1 fully saturated rings. The van der Waals surface area contributed by atoms with Gasteiger partial charge in [-0.25, -0.2) is 0 Å². The summed E-state index contributed by atoms with van der Waals surface area (Å²) in [4.78, 5) is 11.5. The van der Waals surface area contributed by atoms with Crippen LogP contribution in [0.25, 0.3) is 0 Å². The largest absolute Gasteiger partial charge is 0.372 e. The first-order valence-corrected chi connectivity index (χ1v) is 7.34. The number of thioether (sulfide) groups is 1. The lowest BCUT2D eigenvalue weighted by atomic mass is 9.88. The van der Waals surface area contributed by atoms with E-state index in [9.17, 15) is 4.79 Å². The Hall–Kier alpha value is -0.220. The lowest BCUT2D eigenvalue weighted by Gasteiger charge is -2.35. The molecule has 0 aromatic heterocycles. The number of rotatable bonds is 6. The minimum Gasteiger partial charge on any atom is -0.372 e. The molecule has 1 saturated carbocycles. The standard InChI is InChI=1S/C12H23NO2S/c1-3-15-9-11(14)13-10-12(16-2)7-5-4-6-8-12/h3-10H2,1-2H3,(H,13,14). The zero-order chi connectivity index (χ0) is 11.9. The van der Waals surface area contributed by atoms with Gasteiger partial charge in [0.25, 0.3) is 0 Å². The van der Waals surface area contributed by atoms with Gasteiger partial charge in [0.05, 0.1) is 0 Å². The molecule has 3 nitrogen and oxygen atoms in total. The molecule has 0 heterocycles. The molecule has 4 heteroatoms. The van der Waals surface area contributed by atoms with E-state index >= 15 is 0 Å². The quantitative estimate of drug-likeness (QED) is 0.779. The van der Waals surface area contributed by atoms with Crippen molar-refractivity contribution in [1.82, 2.24) is 5.32 Å². The third kappa shape index (κ3) is 4.34. The highest BCUT2D eigenvalue weighted by Crippen LogP contribution is 2.37. The van der Waals surface area contributed by atoms with Crippen LogP contribution in [0.3, 0.4) is 0 Å². The summed E-state index contributed by atoms with van der Waals surface area (Å²) in [5.41, 5.74) is 0. The molecule has 94 valence electrons. The number of carbonyl (C=O) groups is 1. The van der Waals surface area contributed by atoms with Gasteiger partial charge in [-0.2, -0.15) is 11.8 Å². The molecule has 1 amide bonds. The summed E-state index contributed by atoms with van der Waals surface area (Å²) >= 11 is 1.90. The molecule has 1 aliphatic rings. The summed E-state index contributed by atoms with van der Waals surface area (Å²) in [6, 6.07) is 0. The van der Waals surface area contributed by atoms with E-state index in [2.05, 4.69) is 11.6 Å². The van der Waals surface area contributed by atoms with Gasteiger partial charge in [-0.15, -0.1) is 0 Å². The van der Waals surface area contributed by atoms with Crippen molar-refractivity contribution in [2.24, 2.45) is 0 Å². The van der Waals surface area contributed by atoms with Crippen LogP contribution in [0.2, 0.25) is 0 Å². The number of amides is 1. The molecule has 1 rings (SSSR count). The van der Waals surface area contributed by atoms with E-state index in [-0.39, 0.29) is 17.3 Å². The Morgan fingerprint density at radius 1 is 1.38 bits per heavy atom. The Morgan fingerprint density at radius 2 is 2.06 bits per heavy atom. The zero-order valence-corrected chi connectivity index (χ0v) is 11.2. The van der Waals surface area contributed by atoms with Crippen LogP contribution in [-0.4, -0.2) is 36.7 Å². The lowest BCUT2D eigenvalue weighted by molar-refractivity contribution is -0.125. The van der Waals surface area contributed by atoms with E-state index in [1.807, 2.05) is 18.7 Å². The predicted molar refractivity (Wildman–Crippen MR) is 68.8 cm³/mol. The molecule has 0 radical (unpaired) electrons. The van der Waals surface area contributed by atoms with Crippen molar-refractivity contribution in [3.63, 3.8) is 0 Å². The molecule has 0 aromatic carbocycles. The van der Waals surface area contributed by atoms with E-state index in [1.165, 1.54) is 32.1 Å². The normalized spacial score (nSPS) is 19.4. The number of hydrogen-bond donors (Lipinski definition) is 1. The van der Waals surface area contributed by atoms with Crippen molar-refractivity contribution in [2.75, 3.05) is 26.0 Å². The minimum atomic E-state index is 0.0147. The smallest absolute Gasteiger partial charge is 0.246 e. The van der Waals surface area contributed by atoms with Gasteiger partial charge >= 0.3 is 0 Å². The third-order valence-electron chi connectivity index (χ3n) is 3.24. The van der Waals surface area contributed by atoms with Crippen molar-refractivity contribution >= 4 is 17.7 Å². The Morgan fingerprint density at radius 3 is 2.62 bits per heavy atom. The highest BCUT2D eigenvalue weighted by molar-refractivity contribution is 8.00. The molecule has 0 atom stereocenters. The van der Waals surface area contributed by atoms with Crippen LogP contribution in [0.4, 0.5) is 0 Å². The molecule has 0 bridgehead atoms. The van der Waals surface area contributed by atoms with Crippen LogP contribution in [0.1, 0.15) is 39.0 Å². The second-order valence-corrected chi connectivity index (χ2v) is 5.64. The van der Waals surface area contributed by atoms with Crippen molar-refractivity contribution < 1.29 is 9.53 Å². The lowest BCUT2D eigenvalue weighted by Crippen LogP contribution is -2.42. The van der Waals surface area contributed by atoms with E-state index in [1.54, 1.807) is 0 Å². The molecule has 0 saturated heterocycles. The van der Waals surface area contributed by atoms with Gasteiger partial charge in [0, 0.05) is 17.9 Å². The fourth-order valence-electron chi connectivity index (χ4n) is 2.15. The second-order valence-electron chi connectivity index (χ2n) is 4.36. The first-order chi connectivity index (χ1) is 7.72. The predicted octanol–water partition coefficient (Wildman–Crippen LogP) is 2.20. The number of ether oxygens (including phenoxy) is 1. The Labute approximate surface area is 103 Å². The van der Waals surface area contributed by atoms with Crippen molar-refractivity contribution in [3.05, 3.63) is 0 Å². The van der Waals surface area contributed by atoms with Crippen LogP contribution in [0.5, 0.6) is 0 Å². The van der Waals surface area contributed by atoms with Gasteiger partial charge < -0.3 is 10.1 Å². The van der Waals surface area contributed by atoms with Crippen molar-refractivity contribution in [1.29, 1.82) is 0 Å². The topological polar surface area (TPSA) is 38.3 Å². The molecule has 16 heavy (non-hydrogen) atoms.